The van der Waals surface area contributed by atoms with Crippen LogP contribution in [0.15, 0.2) is 66.1 Å². The monoisotopic (exact) mass is 380 g/mol. The Kier molecular flexibility index (Phi) is 6.12. The molecule has 0 spiro atoms. The van der Waals surface area contributed by atoms with Gasteiger partial charge in [0, 0.05) is 0 Å². The summed E-state index contributed by atoms with van der Waals surface area (Å²) in [7, 11) is 0. The van der Waals surface area contributed by atoms with Gasteiger partial charge in [-0.3, -0.25) is 0 Å². The molecule has 0 aliphatic carbocycles. The molecule has 0 saturated carbocycles. The second-order valence-corrected chi connectivity index (χ2v) is 6.91. The molecule has 94 valence electrons. The Hall–Kier alpha value is -1.12. The van der Waals surface area contributed by atoms with Crippen molar-refractivity contribution in [3.8, 4) is 9.89 Å². The molecule has 0 aliphatic rings. The third-order valence-corrected chi connectivity index (χ3v) is 5.57. The van der Waals surface area contributed by atoms with Gasteiger partial charge in [-0.15, -0.1) is 0 Å². The summed E-state index contributed by atoms with van der Waals surface area (Å²) in [5, 5.41) is 2.23. The summed E-state index contributed by atoms with van der Waals surface area (Å²) in [5.41, 5.74) is 2.41. The Labute approximate surface area is 129 Å². The van der Waals surface area contributed by atoms with Gasteiger partial charge in [0.15, 0.2) is 0 Å². The van der Waals surface area contributed by atoms with Gasteiger partial charge in [-0.1, -0.05) is 0 Å². The van der Waals surface area contributed by atoms with E-state index in [-0.39, 0.29) is 0 Å². The van der Waals surface area contributed by atoms with Crippen LogP contribution < -0.4 is 0 Å². The maximum absolute atomic E-state index is 3.38. The van der Waals surface area contributed by atoms with Crippen molar-refractivity contribution in [1.29, 1.82) is 0 Å². The molecule has 0 nitrogen and oxygen atoms in total. The van der Waals surface area contributed by atoms with E-state index in [1.54, 1.807) is 11.8 Å². The van der Waals surface area contributed by atoms with Crippen molar-refractivity contribution >= 4 is 36.3 Å². The summed E-state index contributed by atoms with van der Waals surface area (Å²) < 4.78 is 4.79. The maximum atomic E-state index is 3.38. The van der Waals surface area contributed by atoms with E-state index in [0.29, 0.717) is 0 Å². The molecule has 0 radical (unpaired) electrons. The van der Waals surface area contributed by atoms with Gasteiger partial charge in [0.1, 0.15) is 0 Å². The molecule has 2 heteroatoms. The molecule has 0 aromatic heterocycles. The van der Waals surface area contributed by atoms with E-state index < -0.39 is 20.9 Å². The summed E-state index contributed by atoms with van der Waals surface area (Å²) >= 11 is 1.29. The van der Waals surface area contributed by atoms with Crippen molar-refractivity contribution < 1.29 is 0 Å². The van der Waals surface area contributed by atoms with Crippen LogP contribution in [0.2, 0.25) is 0 Å². The van der Waals surface area contributed by atoms with E-state index in [2.05, 4.69) is 64.0 Å². The normalized spacial score (nSPS) is 10.7. The number of benzene rings is 2. The number of hydrogen-bond donors (Lipinski definition) is 0. The van der Waals surface area contributed by atoms with E-state index in [1.165, 1.54) is 9.18 Å². The fraction of sp³-hybridized carbons (Fsp3) is 0.0588. The van der Waals surface area contributed by atoms with Crippen molar-refractivity contribution in [2.24, 2.45) is 0 Å². The zero-order chi connectivity index (χ0) is 13.3. The van der Waals surface area contributed by atoms with Crippen LogP contribution in [0.25, 0.3) is 3.62 Å². The molecule has 0 heterocycles. The predicted octanol–water partition coefficient (Wildman–Crippen LogP) is 4.06. The Morgan fingerprint density at radius 3 is 2.26 bits per heavy atom. The van der Waals surface area contributed by atoms with E-state index in [1.807, 2.05) is 18.2 Å². The molecule has 0 amide bonds. The molecule has 0 unspecified atom stereocenters. The molecule has 19 heavy (non-hydrogen) atoms. The van der Waals surface area contributed by atoms with E-state index in [9.17, 15) is 0 Å². The van der Waals surface area contributed by atoms with Crippen molar-refractivity contribution in [2.45, 2.75) is 0 Å². The van der Waals surface area contributed by atoms with Crippen LogP contribution in [0.4, 0.5) is 0 Å². The molecule has 0 fully saturated rings. The quantitative estimate of drug-likeness (QED) is 0.574. The molecule has 2 aromatic carbocycles. The van der Waals surface area contributed by atoms with E-state index in [4.69, 9.17) is 0 Å². The van der Waals surface area contributed by atoms with Crippen LogP contribution in [0.1, 0.15) is 11.1 Å². The Bertz CT molecular complexity index is 591. The van der Waals surface area contributed by atoms with Crippen LogP contribution >= 0.6 is 11.8 Å². The van der Waals surface area contributed by atoms with Crippen LogP contribution in [-0.2, 0) is 0 Å². The zero-order valence-electron chi connectivity index (χ0n) is 10.7. The van der Waals surface area contributed by atoms with Gasteiger partial charge in [0.05, 0.1) is 0 Å². The molecular weight excluding hydrogens is 364 g/mol. The molecule has 2 rings (SSSR count). The number of rotatable bonds is 3. The van der Waals surface area contributed by atoms with Crippen LogP contribution in [0, 0.1) is 9.89 Å². The molecule has 0 saturated heterocycles. The van der Waals surface area contributed by atoms with Crippen LogP contribution in [0.5, 0.6) is 0 Å². The van der Waals surface area contributed by atoms with Gasteiger partial charge in [0.25, 0.3) is 0 Å². The molecular formula is C17H14STe. The van der Waals surface area contributed by atoms with Gasteiger partial charge in [-0.2, -0.15) is 0 Å². The summed E-state index contributed by atoms with van der Waals surface area (Å²) in [6.07, 6.45) is 2.10. The first kappa shape index (κ1) is 14.3. The standard InChI is InChI=1S/C17H14STe/c1-18-14-17(16-10-6-3-7-11-16)19-13-12-15-8-4-2-5-9-15/h2-11,14H,1H3/b17-14+. The van der Waals surface area contributed by atoms with Crippen molar-refractivity contribution in [1.82, 2.24) is 0 Å². The molecule has 0 atom stereocenters. The third-order valence-electron chi connectivity index (χ3n) is 2.41. The van der Waals surface area contributed by atoms with Crippen molar-refractivity contribution in [2.75, 3.05) is 6.26 Å². The summed E-state index contributed by atoms with van der Waals surface area (Å²) in [6.45, 7) is 0. The molecule has 0 N–H and O–H groups in total. The Morgan fingerprint density at radius 1 is 1.00 bits per heavy atom. The minimum atomic E-state index is -0.464. The first-order valence-corrected chi connectivity index (χ1v) is 9.53. The van der Waals surface area contributed by atoms with Gasteiger partial charge in [-0.05, 0) is 0 Å². The van der Waals surface area contributed by atoms with Gasteiger partial charge < -0.3 is 0 Å². The second kappa shape index (κ2) is 8.13. The fourth-order valence-corrected chi connectivity index (χ4v) is 4.68. The molecule has 0 aliphatic heterocycles. The number of thioether (sulfide) groups is 1. The van der Waals surface area contributed by atoms with E-state index >= 15 is 0 Å². The fourth-order valence-electron chi connectivity index (χ4n) is 1.52. The average molecular weight is 378 g/mol. The topological polar surface area (TPSA) is 0 Å². The van der Waals surface area contributed by atoms with Gasteiger partial charge in [-0.25, -0.2) is 0 Å². The number of hydrogen-bond acceptors (Lipinski definition) is 1. The first-order chi connectivity index (χ1) is 9.40. The summed E-state index contributed by atoms with van der Waals surface area (Å²) in [4.78, 5) is 0. The first-order valence-electron chi connectivity index (χ1n) is 5.91. The third kappa shape index (κ3) is 4.81. The zero-order valence-corrected chi connectivity index (χ0v) is 13.8. The SMILES string of the molecule is CS/C=C(/[Te]C#Cc1ccccc1)c1ccccc1. The summed E-state index contributed by atoms with van der Waals surface area (Å²) in [5.74, 6) is 3.26. The van der Waals surface area contributed by atoms with Crippen molar-refractivity contribution in [3.63, 3.8) is 0 Å². The van der Waals surface area contributed by atoms with Crippen LogP contribution in [0.3, 0.4) is 0 Å². The Balaban J connectivity index is 2.12. The van der Waals surface area contributed by atoms with Crippen molar-refractivity contribution in [3.05, 3.63) is 77.2 Å². The van der Waals surface area contributed by atoms with Gasteiger partial charge >= 0.3 is 130 Å². The second-order valence-electron chi connectivity index (χ2n) is 3.78. The molecule has 2 aromatic rings. The van der Waals surface area contributed by atoms with E-state index in [0.717, 1.165) is 5.56 Å². The predicted molar refractivity (Wildman–Crippen MR) is 87.0 cm³/mol. The van der Waals surface area contributed by atoms with Crippen LogP contribution in [-0.4, -0.2) is 27.2 Å². The Morgan fingerprint density at radius 2 is 1.63 bits per heavy atom. The molecule has 0 bridgehead atoms. The average Bonchev–Trinajstić information content (AvgIpc) is 2.48. The minimum absolute atomic E-state index is 0.464. The van der Waals surface area contributed by atoms with Gasteiger partial charge in [0.2, 0.25) is 0 Å². The summed E-state index contributed by atoms with van der Waals surface area (Å²) in [6, 6.07) is 20.7.